The van der Waals surface area contributed by atoms with Crippen LogP contribution in [-0.4, -0.2) is 45.3 Å². The summed E-state index contributed by atoms with van der Waals surface area (Å²) in [5.74, 6) is -1.08. The first-order valence-electron chi connectivity index (χ1n) is 4.62. The van der Waals surface area contributed by atoms with E-state index >= 15 is 0 Å². The maximum absolute atomic E-state index is 11.6. The maximum atomic E-state index is 11.6. The number of hydrogen-bond acceptors (Lipinski definition) is 3. The molecule has 1 rings (SSSR count). The molecule has 88 valence electrons. The standard InChI is InChI=1S/C9H12BrN3O3/c1-12(3-2-9(15)16)8(14)6-13-5-7(10)4-11-13/h4-5H,2-3,6H2,1H3,(H,15,16). The number of likely N-dealkylation sites (N-methyl/N-ethyl adjacent to an activating group) is 1. The first kappa shape index (κ1) is 12.7. The number of hydrogen-bond donors (Lipinski definition) is 1. The van der Waals surface area contributed by atoms with Gasteiger partial charge in [-0.05, 0) is 15.9 Å². The van der Waals surface area contributed by atoms with Crippen molar-refractivity contribution in [2.45, 2.75) is 13.0 Å². The van der Waals surface area contributed by atoms with Gasteiger partial charge in [0.15, 0.2) is 0 Å². The third-order valence-corrected chi connectivity index (χ3v) is 2.40. The quantitative estimate of drug-likeness (QED) is 0.860. The van der Waals surface area contributed by atoms with Crippen molar-refractivity contribution in [1.29, 1.82) is 0 Å². The van der Waals surface area contributed by atoms with E-state index in [-0.39, 0.29) is 25.4 Å². The van der Waals surface area contributed by atoms with Crippen LogP contribution in [0.5, 0.6) is 0 Å². The van der Waals surface area contributed by atoms with Crippen molar-refractivity contribution in [2.75, 3.05) is 13.6 Å². The number of carboxylic acid groups (broad SMARTS) is 1. The predicted molar refractivity (Wildman–Crippen MR) is 59.8 cm³/mol. The van der Waals surface area contributed by atoms with Gasteiger partial charge in [-0.15, -0.1) is 0 Å². The molecule has 0 aliphatic carbocycles. The third-order valence-electron chi connectivity index (χ3n) is 1.99. The Bertz CT molecular complexity index is 391. The molecule has 0 spiro atoms. The van der Waals surface area contributed by atoms with Crippen molar-refractivity contribution in [3.63, 3.8) is 0 Å². The van der Waals surface area contributed by atoms with E-state index in [1.807, 2.05) is 0 Å². The van der Waals surface area contributed by atoms with Gasteiger partial charge in [-0.25, -0.2) is 0 Å². The lowest BCUT2D eigenvalue weighted by atomic mass is 10.4. The molecular formula is C9H12BrN3O3. The normalized spacial score (nSPS) is 10.1. The fourth-order valence-corrected chi connectivity index (χ4v) is 1.40. The number of carboxylic acids is 1. The van der Waals surface area contributed by atoms with Crippen molar-refractivity contribution >= 4 is 27.8 Å². The molecule has 1 aromatic heterocycles. The van der Waals surface area contributed by atoms with E-state index in [2.05, 4.69) is 21.0 Å². The molecule has 7 heteroatoms. The first-order chi connectivity index (χ1) is 7.49. The van der Waals surface area contributed by atoms with Gasteiger partial charge in [-0.1, -0.05) is 0 Å². The van der Waals surface area contributed by atoms with E-state index in [1.165, 1.54) is 9.58 Å². The Morgan fingerprint density at radius 1 is 1.62 bits per heavy atom. The predicted octanol–water partition coefficient (Wildman–Crippen LogP) is 0.579. The van der Waals surface area contributed by atoms with Crippen LogP contribution in [0.1, 0.15) is 6.42 Å². The number of aromatic nitrogens is 2. The lowest BCUT2D eigenvalue weighted by Crippen LogP contribution is -2.32. The molecule has 1 aromatic rings. The third kappa shape index (κ3) is 4.01. The lowest BCUT2D eigenvalue weighted by Gasteiger charge is -2.15. The average Bonchev–Trinajstić information content (AvgIpc) is 2.60. The van der Waals surface area contributed by atoms with Crippen LogP contribution in [0.4, 0.5) is 0 Å². The smallest absolute Gasteiger partial charge is 0.305 e. The van der Waals surface area contributed by atoms with Crippen LogP contribution in [-0.2, 0) is 16.1 Å². The molecule has 0 unspecified atom stereocenters. The summed E-state index contributed by atoms with van der Waals surface area (Å²) >= 11 is 3.22. The zero-order valence-corrected chi connectivity index (χ0v) is 10.3. The first-order valence-corrected chi connectivity index (χ1v) is 5.42. The minimum Gasteiger partial charge on any atom is -0.481 e. The summed E-state index contributed by atoms with van der Waals surface area (Å²) in [5.41, 5.74) is 0. The van der Waals surface area contributed by atoms with Crippen molar-refractivity contribution in [2.24, 2.45) is 0 Å². The monoisotopic (exact) mass is 289 g/mol. The Balaban J connectivity index is 2.42. The van der Waals surface area contributed by atoms with Crippen LogP contribution in [0.2, 0.25) is 0 Å². The average molecular weight is 290 g/mol. The number of carbonyl (C=O) groups excluding carboxylic acids is 1. The molecule has 1 amide bonds. The van der Waals surface area contributed by atoms with Crippen LogP contribution >= 0.6 is 15.9 Å². The van der Waals surface area contributed by atoms with E-state index in [0.29, 0.717) is 0 Å². The molecule has 0 aliphatic rings. The van der Waals surface area contributed by atoms with E-state index in [0.717, 1.165) is 4.47 Å². The number of halogens is 1. The Hall–Kier alpha value is -1.37. The molecule has 16 heavy (non-hydrogen) atoms. The van der Waals surface area contributed by atoms with Crippen molar-refractivity contribution in [3.05, 3.63) is 16.9 Å². The van der Waals surface area contributed by atoms with Gasteiger partial charge in [0.05, 0.1) is 17.1 Å². The molecule has 0 radical (unpaired) electrons. The molecule has 0 fully saturated rings. The molecule has 1 heterocycles. The largest absolute Gasteiger partial charge is 0.481 e. The summed E-state index contributed by atoms with van der Waals surface area (Å²) in [5, 5.41) is 12.4. The highest BCUT2D eigenvalue weighted by Gasteiger charge is 2.11. The fourth-order valence-electron chi connectivity index (χ4n) is 1.07. The van der Waals surface area contributed by atoms with Gasteiger partial charge in [0.1, 0.15) is 6.54 Å². The van der Waals surface area contributed by atoms with Gasteiger partial charge >= 0.3 is 5.97 Å². The Labute approximate surface area is 101 Å². The van der Waals surface area contributed by atoms with E-state index in [1.54, 1.807) is 19.4 Å². The van der Waals surface area contributed by atoms with Crippen LogP contribution in [0, 0.1) is 0 Å². The molecule has 0 saturated carbocycles. The summed E-state index contributed by atoms with van der Waals surface area (Å²) in [7, 11) is 1.57. The lowest BCUT2D eigenvalue weighted by molar-refractivity contribution is -0.138. The second kappa shape index (κ2) is 5.64. The maximum Gasteiger partial charge on any atom is 0.305 e. The summed E-state index contributed by atoms with van der Waals surface area (Å²) in [6.45, 7) is 0.318. The summed E-state index contributed by atoms with van der Waals surface area (Å²) in [6, 6.07) is 0. The van der Waals surface area contributed by atoms with Crippen molar-refractivity contribution in [1.82, 2.24) is 14.7 Å². The van der Waals surface area contributed by atoms with Gasteiger partial charge in [0, 0.05) is 19.8 Å². The van der Waals surface area contributed by atoms with Gasteiger partial charge in [-0.2, -0.15) is 5.10 Å². The molecule has 0 aromatic carbocycles. The van der Waals surface area contributed by atoms with Gasteiger partial charge in [0.25, 0.3) is 0 Å². The molecule has 0 saturated heterocycles. The Morgan fingerprint density at radius 3 is 2.81 bits per heavy atom. The molecule has 0 atom stereocenters. The van der Waals surface area contributed by atoms with Gasteiger partial charge in [-0.3, -0.25) is 14.3 Å². The van der Waals surface area contributed by atoms with Crippen LogP contribution < -0.4 is 0 Å². The summed E-state index contributed by atoms with van der Waals surface area (Å²) in [6.07, 6.45) is 3.22. The molecule has 0 bridgehead atoms. The highest BCUT2D eigenvalue weighted by Crippen LogP contribution is 2.06. The Morgan fingerprint density at radius 2 is 2.31 bits per heavy atom. The van der Waals surface area contributed by atoms with Crippen molar-refractivity contribution in [3.8, 4) is 0 Å². The zero-order valence-electron chi connectivity index (χ0n) is 8.76. The highest BCUT2D eigenvalue weighted by molar-refractivity contribution is 9.10. The number of nitrogens with zero attached hydrogens (tertiary/aromatic N) is 3. The van der Waals surface area contributed by atoms with E-state index < -0.39 is 5.97 Å². The second-order valence-corrected chi connectivity index (χ2v) is 4.23. The van der Waals surface area contributed by atoms with E-state index in [4.69, 9.17) is 5.11 Å². The van der Waals surface area contributed by atoms with Crippen molar-refractivity contribution < 1.29 is 14.7 Å². The topological polar surface area (TPSA) is 75.4 Å². The fraction of sp³-hybridized carbons (Fsp3) is 0.444. The number of carbonyl (C=O) groups is 2. The summed E-state index contributed by atoms with van der Waals surface area (Å²) in [4.78, 5) is 23.3. The van der Waals surface area contributed by atoms with Crippen LogP contribution in [0.25, 0.3) is 0 Å². The number of rotatable bonds is 5. The highest BCUT2D eigenvalue weighted by atomic mass is 79.9. The molecule has 0 aliphatic heterocycles. The minimum absolute atomic E-state index is 0.0506. The van der Waals surface area contributed by atoms with E-state index in [9.17, 15) is 9.59 Å². The van der Waals surface area contributed by atoms with Gasteiger partial charge < -0.3 is 10.0 Å². The number of aliphatic carboxylic acids is 1. The molecule has 1 N–H and O–H groups in total. The second-order valence-electron chi connectivity index (χ2n) is 3.32. The number of amides is 1. The molecular weight excluding hydrogens is 278 g/mol. The van der Waals surface area contributed by atoms with Crippen LogP contribution in [0.15, 0.2) is 16.9 Å². The Kier molecular flexibility index (Phi) is 4.48. The minimum atomic E-state index is -0.915. The van der Waals surface area contributed by atoms with Crippen LogP contribution in [0.3, 0.4) is 0 Å². The zero-order chi connectivity index (χ0) is 12.1. The summed E-state index contributed by atoms with van der Waals surface area (Å²) < 4.78 is 2.29. The van der Waals surface area contributed by atoms with Gasteiger partial charge in [0.2, 0.25) is 5.91 Å². The SMILES string of the molecule is CN(CCC(=O)O)C(=O)Cn1cc(Br)cn1. The molecule has 6 nitrogen and oxygen atoms in total.